The second-order valence-corrected chi connectivity index (χ2v) is 3.32. The minimum Gasteiger partial charge on any atom is -0.481 e. The van der Waals surface area contributed by atoms with E-state index < -0.39 is 5.97 Å². The molecule has 0 aromatic heterocycles. The van der Waals surface area contributed by atoms with E-state index in [1.54, 1.807) is 0 Å². The molecule has 0 heterocycles. The molecule has 2 nitrogen and oxygen atoms in total. The molecule has 0 aromatic rings. The van der Waals surface area contributed by atoms with E-state index in [2.05, 4.69) is 13.8 Å². The standard InChI is InChI=1S/C10H20O2.Sn/c1-3-5-7-9(10(11)12)8-6-4-2;/h9H,3-8H2,1-2H3,(H,11,12);. The van der Waals surface area contributed by atoms with Crippen LogP contribution in [0.3, 0.4) is 0 Å². The van der Waals surface area contributed by atoms with Gasteiger partial charge in [0, 0.05) is 23.9 Å². The number of carboxylic acids is 1. The van der Waals surface area contributed by atoms with Crippen LogP contribution >= 0.6 is 0 Å². The van der Waals surface area contributed by atoms with Gasteiger partial charge in [-0.3, -0.25) is 4.79 Å². The van der Waals surface area contributed by atoms with E-state index >= 15 is 0 Å². The van der Waals surface area contributed by atoms with E-state index in [-0.39, 0.29) is 29.8 Å². The fourth-order valence-electron chi connectivity index (χ4n) is 1.29. The molecule has 0 bridgehead atoms. The van der Waals surface area contributed by atoms with E-state index in [1.165, 1.54) is 0 Å². The van der Waals surface area contributed by atoms with Crippen molar-refractivity contribution in [2.75, 3.05) is 0 Å². The molecule has 13 heavy (non-hydrogen) atoms. The van der Waals surface area contributed by atoms with Gasteiger partial charge >= 0.3 is 5.97 Å². The monoisotopic (exact) mass is 292 g/mol. The minimum absolute atomic E-state index is 0. The van der Waals surface area contributed by atoms with Gasteiger partial charge in [-0.1, -0.05) is 39.5 Å². The van der Waals surface area contributed by atoms with Gasteiger partial charge < -0.3 is 5.11 Å². The van der Waals surface area contributed by atoms with E-state index in [0.29, 0.717) is 0 Å². The van der Waals surface area contributed by atoms with Gasteiger partial charge in [-0.2, -0.15) is 0 Å². The zero-order valence-corrected chi connectivity index (χ0v) is 11.5. The first-order valence-corrected chi connectivity index (χ1v) is 4.95. The van der Waals surface area contributed by atoms with Crippen LogP contribution in [-0.2, 0) is 4.79 Å². The normalized spacial score (nSPS) is 9.77. The molecular weight excluding hydrogens is 271 g/mol. The number of hydrogen-bond donors (Lipinski definition) is 1. The topological polar surface area (TPSA) is 37.3 Å². The van der Waals surface area contributed by atoms with Crippen LogP contribution < -0.4 is 0 Å². The fourth-order valence-corrected chi connectivity index (χ4v) is 1.29. The number of unbranched alkanes of at least 4 members (excludes halogenated alkanes) is 2. The van der Waals surface area contributed by atoms with Crippen molar-refractivity contribution in [3.63, 3.8) is 0 Å². The van der Waals surface area contributed by atoms with Gasteiger partial charge in [0.1, 0.15) is 0 Å². The second-order valence-electron chi connectivity index (χ2n) is 3.32. The van der Waals surface area contributed by atoms with E-state index in [0.717, 1.165) is 38.5 Å². The Kier molecular flexibility index (Phi) is 12.5. The van der Waals surface area contributed by atoms with Crippen LogP contribution in [0.2, 0.25) is 0 Å². The van der Waals surface area contributed by atoms with Crippen LogP contribution in [0.25, 0.3) is 0 Å². The van der Waals surface area contributed by atoms with Crippen molar-refractivity contribution in [3.05, 3.63) is 0 Å². The molecule has 76 valence electrons. The first-order chi connectivity index (χ1) is 5.72. The molecule has 0 atom stereocenters. The maximum atomic E-state index is 10.7. The summed E-state index contributed by atoms with van der Waals surface area (Å²) >= 11 is 0. The van der Waals surface area contributed by atoms with Crippen molar-refractivity contribution in [1.29, 1.82) is 0 Å². The number of hydrogen-bond acceptors (Lipinski definition) is 1. The Balaban J connectivity index is 0. The third-order valence-electron chi connectivity index (χ3n) is 2.16. The summed E-state index contributed by atoms with van der Waals surface area (Å²) in [7, 11) is 0. The van der Waals surface area contributed by atoms with E-state index in [4.69, 9.17) is 5.11 Å². The van der Waals surface area contributed by atoms with Gasteiger partial charge in [-0.25, -0.2) is 0 Å². The Morgan fingerprint density at radius 3 is 1.77 bits per heavy atom. The third kappa shape index (κ3) is 8.59. The zero-order valence-electron chi connectivity index (χ0n) is 8.68. The average molecular weight is 291 g/mol. The summed E-state index contributed by atoms with van der Waals surface area (Å²) in [6, 6.07) is 0. The van der Waals surface area contributed by atoms with Gasteiger partial charge in [-0.05, 0) is 12.8 Å². The summed E-state index contributed by atoms with van der Waals surface area (Å²) in [6.07, 6.45) is 5.98. The van der Waals surface area contributed by atoms with Crippen LogP contribution in [0.5, 0.6) is 0 Å². The fraction of sp³-hybridized carbons (Fsp3) is 0.900. The molecule has 0 unspecified atom stereocenters. The van der Waals surface area contributed by atoms with Crippen molar-refractivity contribution >= 4 is 29.9 Å². The first-order valence-electron chi connectivity index (χ1n) is 4.95. The molecule has 1 N–H and O–H groups in total. The minimum atomic E-state index is -0.614. The van der Waals surface area contributed by atoms with Crippen molar-refractivity contribution < 1.29 is 9.90 Å². The molecule has 0 fully saturated rings. The summed E-state index contributed by atoms with van der Waals surface area (Å²) in [5.74, 6) is -0.707. The molecule has 4 radical (unpaired) electrons. The summed E-state index contributed by atoms with van der Waals surface area (Å²) < 4.78 is 0. The third-order valence-corrected chi connectivity index (χ3v) is 2.16. The summed E-state index contributed by atoms with van der Waals surface area (Å²) in [4.78, 5) is 10.7. The smallest absolute Gasteiger partial charge is 0.306 e. The van der Waals surface area contributed by atoms with Gasteiger partial charge in [0.15, 0.2) is 0 Å². The van der Waals surface area contributed by atoms with Crippen LogP contribution in [0.15, 0.2) is 0 Å². The van der Waals surface area contributed by atoms with Gasteiger partial charge in [-0.15, -0.1) is 0 Å². The summed E-state index contributed by atoms with van der Waals surface area (Å²) in [6.45, 7) is 4.19. The van der Waals surface area contributed by atoms with E-state index in [1.807, 2.05) is 0 Å². The van der Waals surface area contributed by atoms with Gasteiger partial charge in [0.2, 0.25) is 0 Å². The van der Waals surface area contributed by atoms with Crippen molar-refractivity contribution in [1.82, 2.24) is 0 Å². The quantitative estimate of drug-likeness (QED) is 0.732. The Hall–Kier alpha value is 0.269. The molecule has 0 aromatic carbocycles. The number of carbonyl (C=O) groups is 1. The molecule has 0 aliphatic rings. The molecule has 0 saturated heterocycles. The number of rotatable bonds is 7. The zero-order chi connectivity index (χ0) is 9.40. The molecule has 0 amide bonds. The maximum Gasteiger partial charge on any atom is 0.306 e. The van der Waals surface area contributed by atoms with Crippen LogP contribution in [0, 0.1) is 5.92 Å². The van der Waals surface area contributed by atoms with Crippen molar-refractivity contribution in [2.24, 2.45) is 5.92 Å². The molecule has 0 rings (SSSR count). The first kappa shape index (κ1) is 15.7. The maximum absolute atomic E-state index is 10.7. The summed E-state index contributed by atoms with van der Waals surface area (Å²) in [5.41, 5.74) is 0. The Morgan fingerprint density at radius 2 is 1.54 bits per heavy atom. The Labute approximate surface area is 98.1 Å². The summed E-state index contributed by atoms with van der Waals surface area (Å²) in [5, 5.41) is 8.83. The van der Waals surface area contributed by atoms with Gasteiger partial charge in [0.05, 0.1) is 5.92 Å². The second kappa shape index (κ2) is 10.4. The van der Waals surface area contributed by atoms with Crippen LogP contribution in [0.4, 0.5) is 0 Å². The average Bonchev–Trinajstić information content (AvgIpc) is 2.04. The predicted octanol–water partition coefficient (Wildman–Crippen LogP) is 2.69. The van der Waals surface area contributed by atoms with Crippen LogP contribution in [0.1, 0.15) is 52.4 Å². The number of carboxylic acid groups (broad SMARTS) is 1. The molecule has 0 saturated carbocycles. The molecule has 3 heteroatoms. The Bertz CT molecular complexity index is 118. The van der Waals surface area contributed by atoms with Crippen molar-refractivity contribution in [2.45, 2.75) is 52.4 Å². The predicted molar refractivity (Wildman–Crippen MR) is 55.9 cm³/mol. The van der Waals surface area contributed by atoms with Crippen molar-refractivity contribution in [3.8, 4) is 0 Å². The Morgan fingerprint density at radius 1 is 1.15 bits per heavy atom. The molecular formula is C10H20O2Sn. The van der Waals surface area contributed by atoms with Gasteiger partial charge in [0.25, 0.3) is 0 Å². The molecule has 0 aliphatic heterocycles. The van der Waals surface area contributed by atoms with E-state index in [9.17, 15) is 4.79 Å². The largest absolute Gasteiger partial charge is 0.481 e. The number of aliphatic carboxylic acids is 1. The SMILES string of the molecule is CCCCC(CCCC)C(=O)O.[Sn]. The molecule has 0 spiro atoms. The molecule has 0 aliphatic carbocycles. The van der Waals surface area contributed by atoms with Crippen LogP contribution in [-0.4, -0.2) is 35.0 Å².